The van der Waals surface area contributed by atoms with Crippen LogP contribution in [0.5, 0.6) is 0 Å². The van der Waals surface area contributed by atoms with E-state index in [4.69, 9.17) is 0 Å². The fourth-order valence-electron chi connectivity index (χ4n) is 1.85. The summed E-state index contributed by atoms with van der Waals surface area (Å²) in [5.74, 6) is -0.289. The largest absolute Gasteiger partial charge is 0.389 e. The van der Waals surface area contributed by atoms with E-state index in [0.29, 0.717) is 13.1 Å². The van der Waals surface area contributed by atoms with Crippen LogP contribution in [0.3, 0.4) is 0 Å². The molecule has 0 spiro atoms. The maximum absolute atomic E-state index is 12.0. The first-order valence-corrected chi connectivity index (χ1v) is 6.36. The maximum Gasteiger partial charge on any atom is 0.389 e. The molecule has 0 aliphatic heterocycles. The molecule has 0 aliphatic carbocycles. The van der Waals surface area contributed by atoms with Crippen molar-refractivity contribution in [3.05, 3.63) is 40.3 Å². The highest BCUT2D eigenvalue weighted by atomic mass is 16.6. The Balaban J connectivity index is 1.84. The van der Waals surface area contributed by atoms with Gasteiger partial charge in [-0.15, -0.1) is 0 Å². The first-order valence-electron chi connectivity index (χ1n) is 6.36. The van der Waals surface area contributed by atoms with E-state index < -0.39 is 4.92 Å². The van der Waals surface area contributed by atoms with Crippen LogP contribution in [0.25, 0.3) is 0 Å². The van der Waals surface area contributed by atoms with Gasteiger partial charge in [0.25, 0.3) is 0 Å². The standard InChI is InChI=1S/C12H16N6O3/c1-15(9-10-3-6-16(2)13-10)12(19)5-8-17-7-4-11(14-17)18(20)21/h3-4,6-7H,5,8-9H2,1-2H3. The third kappa shape index (κ3) is 3.88. The van der Waals surface area contributed by atoms with Gasteiger partial charge in [-0.2, -0.15) is 9.78 Å². The fourth-order valence-corrected chi connectivity index (χ4v) is 1.85. The van der Waals surface area contributed by atoms with Gasteiger partial charge in [-0.25, -0.2) is 0 Å². The van der Waals surface area contributed by atoms with Gasteiger partial charge in [0.15, 0.2) is 0 Å². The van der Waals surface area contributed by atoms with Crippen LogP contribution >= 0.6 is 0 Å². The number of hydrogen-bond donors (Lipinski definition) is 0. The van der Waals surface area contributed by atoms with E-state index in [1.165, 1.54) is 16.9 Å². The summed E-state index contributed by atoms with van der Waals surface area (Å²) in [6.07, 6.45) is 3.53. The normalized spacial score (nSPS) is 10.6. The Bertz CT molecular complexity index is 647. The molecule has 0 aliphatic rings. The predicted octanol–water partition coefficient (Wildman–Crippen LogP) is 0.573. The Morgan fingerprint density at radius 1 is 1.38 bits per heavy atom. The molecule has 0 unspecified atom stereocenters. The summed E-state index contributed by atoms with van der Waals surface area (Å²) in [6.45, 7) is 0.734. The third-order valence-electron chi connectivity index (χ3n) is 2.96. The lowest BCUT2D eigenvalue weighted by Crippen LogP contribution is -2.27. The van der Waals surface area contributed by atoms with E-state index in [9.17, 15) is 14.9 Å². The zero-order valence-electron chi connectivity index (χ0n) is 11.8. The monoisotopic (exact) mass is 292 g/mol. The van der Waals surface area contributed by atoms with E-state index in [1.54, 1.807) is 16.6 Å². The van der Waals surface area contributed by atoms with Gasteiger partial charge in [-0.1, -0.05) is 0 Å². The van der Waals surface area contributed by atoms with Crippen molar-refractivity contribution >= 4 is 11.7 Å². The Morgan fingerprint density at radius 3 is 2.71 bits per heavy atom. The van der Waals surface area contributed by atoms with Crippen LogP contribution in [0.15, 0.2) is 24.5 Å². The number of nitrogens with zero attached hydrogens (tertiary/aromatic N) is 6. The average molecular weight is 292 g/mol. The topological polar surface area (TPSA) is 99.1 Å². The third-order valence-corrected chi connectivity index (χ3v) is 2.96. The summed E-state index contributed by atoms with van der Waals surface area (Å²) in [5, 5.41) is 18.5. The summed E-state index contributed by atoms with van der Waals surface area (Å²) in [5.41, 5.74) is 0.808. The summed E-state index contributed by atoms with van der Waals surface area (Å²) >= 11 is 0. The van der Waals surface area contributed by atoms with Gasteiger partial charge in [0.1, 0.15) is 0 Å². The lowest BCUT2D eigenvalue weighted by atomic mass is 10.3. The van der Waals surface area contributed by atoms with Crippen LogP contribution < -0.4 is 0 Å². The number of nitro groups is 1. The molecule has 0 saturated heterocycles. The molecule has 2 aromatic heterocycles. The number of aromatic nitrogens is 4. The zero-order valence-corrected chi connectivity index (χ0v) is 11.8. The minimum atomic E-state index is -0.564. The Hall–Kier alpha value is -2.71. The van der Waals surface area contributed by atoms with Gasteiger partial charge >= 0.3 is 5.82 Å². The van der Waals surface area contributed by atoms with E-state index in [-0.39, 0.29) is 18.1 Å². The first-order chi connectivity index (χ1) is 9.95. The fraction of sp³-hybridized carbons (Fsp3) is 0.417. The van der Waals surface area contributed by atoms with Gasteiger partial charge < -0.3 is 15.0 Å². The van der Waals surface area contributed by atoms with Crippen LogP contribution in [0, 0.1) is 10.1 Å². The van der Waals surface area contributed by atoms with Crippen molar-refractivity contribution in [3.63, 3.8) is 0 Å². The molecular formula is C12H16N6O3. The summed E-state index contributed by atoms with van der Waals surface area (Å²) in [7, 11) is 3.51. The Morgan fingerprint density at radius 2 is 2.14 bits per heavy atom. The molecule has 0 fully saturated rings. The molecule has 0 saturated carbocycles. The lowest BCUT2D eigenvalue weighted by Gasteiger charge is -2.15. The molecule has 2 aromatic rings. The molecule has 0 radical (unpaired) electrons. The van der Waals surface area contributed by atoms with E-state index in [2.05, 4.69) is 10.2 Å². The zero-order chi connectivity index (χ0) is 15.4. The van der Waals surface area contributed by atoms with Crippen molar-refractivity contribution in [2.24, 2.45) is 7.05 Å². The van der Waals surface area contributed by atoms with Gasteiger partial charge in [-0.3, -0.25) is 9.48 Å². The minimum Gasteiger partial charge on any atom is -0.358 e. The number of rotatable bonds is 6. The summed E-state index contributed by atoms with van der Waals surface area (Å²) in [4.78, 5) is 23.5. The van der Waals surface area contributed by atoms with Crippen LogP contribution in [0.2, 0.25) is 0 Å². The van der Waals surface area contributed by atoms with Gasteiger partial charge in [-0.05, 0) is 11.0 Å². The van der Waals surface area contributed by atoms with Crippen molar-refractivity contribution in [1.82, 2.24) is 24.5 Å². The lowest BCUT2D eigenvalue weighted by molar-refractivity contribution is -0.389. The quantitative estimate of drug-likeness (QED) is 0.572. The van der Waals surface area contributed by atoms with E-state index in [0.717, 1.165) is 5.69 Å². The Labute approximate surface area is 120 Å². The highest BCUT2D eigenvalue weighted by Crippen LogP contribution is 2.07. The smallest absolute Gasteiger partial charge is 0.358 e. The van der Waals surface area contributed by atoms with Crippen molar-refractivity contribution in [3.8, 4) is 0 Å². The second-order valence-corrected chi connectivity index (χ2v) is 4.67. The molecule has 1 amide bonds. The average Bonchev–Trinajstić information content (AvgIpc) is 3.05. The van der Waals surface area contributed by atoms with E-state index >= 15 is 0 Å². The molecule has 2 rings (SSSR count). The minimum absolute atomic E-state index is 0.0705. The molecule has 2 heterocycles. The van der Waals surface area contributed by atoms with Gasteiger partial charge in [0.05, 0.1) is 36.1 Å². The first kappa shape index (κ1) is 14.7. The summed E-state index contributed by atoms with van der Waals surface area (Å²) in [6, 6.07) is 3.16. The SMILES string of the molecule is CN(Cc1ccn(C)n1)C(=O)CCn1ccc([N+](=O)[O-])n1. The molecule has 0 aromatic carbocycles. The molecule has 0 atom stereocenters. The second-order valence-electron chi connectivity index (χ2n) is 4.67. The Kier molecular flexibility index (Phi) is 4.31. The van der Waals surface area contributed by atoms with Crippen LogP contribution in [0.4, 0.5) is 5.82 Å². The highest BCUT2D eigenvalue weighted by molar-refractivity contribution is 5.75. The van der Waals surface area contributed by atoms with Crippen molar-refractivity contribution in [2.45, 2.75) is 19.5 Å². The van der Waals surface area contributed by atoms with Crippen molar-refractivity contribution in [2.75, 3.05) is 7.05 Å². The van der Waals surface area contributed by atoms with Crippen LogP contribution in [0.1, 0.15) is 12.1 Å². The number of aryl methyl sites for hydroxylation is 2. The predicted molar refractivity (Wildman–Crippen MR) is 73.2 cm³/mol. The highest BCUT2D eigenvalue weighted by Gasteiger charge is 2.14. The molecule has 9 nitrogen and oxygen atoms in total. The molecule has 21 heavy (non-hydrogen) atoms. The molecule has 112 valence electrons. The van der Waals surface area contributed by atoms with Crippen molar-refractivity contribution < 1.29 is 9.72 Å². The molecule has 9 heteroatoms. The molecule has 0 bridgehead atoms. The number of carbonyl (C=O) groups excluding carboxylic acids is 1. The van der Waals surface area contributed by atoms with Crippen LogP contribution in [-0.4, -0.2) is 42.3 Å². The number of hydrogen-bond acceptors (Lipinski definition) is 5. The second kappa shape index (κ2) is 6.16. The van der Waals surface area contributed by atoms with Gasteiger partial charge in [0, 0.05) is 26.7 Å². The van der Waals surface area contributed by atoms with Gasteiger partial charge in [0.2, 0.25) is 5.91 Å². The number of amides is 1. The molecule has 0 N–H and O–H groups in total. The number of carbonyl (C=O) groups is 1. The summed E-state index contributed by atoms with van der Waals surface area (Å²) < 4.78 is 3.07. The molecular weight excluding hydrogens is 276 g/mol. The van der Waals surface area contributed by atoms with E-state index in [1.807, 2.05) is 19.3 Å². The van der Waals surface area contributed by atoms with Crippen LogP contribution in [-0.2, 0) is 24.9 Å². The maximum atomic E-state index is 12.0. The van der Waals surface area contributed by atoms with Crippen molar-refractivity contribution in [1.29, 1.82) is 0 Å².